The van der Waals surface area contributed by atoms with Gasteiger partial charge in [-0.05, 0) is 51.1 Å². The Kier molecular flexibility index (Phi) is 6.36. The number of carbonyl (C=O) groups excluding carboxylic acids is 2. The Morgan fingerprint density at radius 2 is 1.71 bits per heavy atom. The number of likely N-dealkylation sites (N-methyl/N-ethyl adjacent to an activating group) is 1. The Bertz CT molecular complexity index is 816. The van der Waals surface area contributed by atoms with Crippen molar-refractivity contribution in [3.05, 3.63) is 29.8 Å². The first kappa shape index (κ1) is 20.8. The topological polar surface area (TPSA) is 87.2 Å². The van der Waals surface area contributed by atoms with Crippen LogP contribution < -0.4 is 0 Å². The Morgan fingerprint density at radius 3 is 2.32 bits per heavy atom. The number of piperazine rings is 1. The molecule has 9 heteroatoms. The van der Waals surface area contributed by atoms with Crippen LogP contribution >= 0.6 is 0 Å². The maximum Gasteiger partial charge on any atom is 0.338 e. The number of nitrogens with zero attached hydrogens (tertiary/aromatic N) is 3. The summed E-state index contributed by atoms with van der Waals surface area (Å²) in [6, 6.07) is 5.03. The van der Waals surface area contributed by atoms with Crippen molar-refractivity contribution in [2.45, 2.75) is 30.7 Å². The number of rotatable bonds is 5. The molecule has 0 aliphatic carbocycles. The summed E-state index contributed by atoms with van der Waals surface area (Å²) in [7, 11) is -1.81. The van der Waals surface area contributed by atoms with Crippen molar-refractivity contribution in [1.29, 1.82) is 0 Å². The van der Waals surface area contributed by atoms with Crippen LogP contribution in [0.25, 0.3) is 0 Å². The van der Waals surface area contributed by atoms with Gasteiger partial charge in [-0.25, -0.2) is 13.2 Å². The Balaban J connectivity index is 1.76. The molecule has 2 saturated heterocycles. The third kappa shape index (κ3) is 4.21. The molecular formula is C19H27N3O5S. The molecule has 1 aromatic carbocycles. The summed E-state index contributed by atoms with van der Waals surface area (Å²) in [5.74, 6) is -0.604. The molecule has 0 radical (unpaired) electrons. The van der Waals surface area contributed by atoms with Crippen LogP contribution in [0.5, 0.6) is 0 Å². The molecule has 154 valence electrons. The summed E-state index contributed by atoms with van der Waals surface area (Å²) in [5, 5.41) is 0. The van der Waals surface area contributed by atoms with Gasteiger partial charge in [-0.1, -0.05) is 0 Å². The molecule has 28 heavy (non-hydrogen) atoms. The van der Waals surface area contributed by atoms with Crippen LogP contribution in [-0.4, -0.2) is 86.8 Å². The lowest BCUT2D eigenvalue weighted by molar-refractivity contribution is -0.136. The summed E-state index contributed by atoms with van der Waals surface area (Å²) < 4.78 is 32.5. The molecule has 0 N–H and O–H groups in total. The molecule has 2 fully saturated rings. The zero-order valence-corrected chi connectivity index (χ0v) is 17.2. The molecule has 2 heterocycles. The molecule has 0 aromatic heterocycles. The second-order valence-electron chi connectivity index (χ2n) is 7.15. The minimum Gasteiger partial charge on any atom is -0.462 e. The summed E-state index contributed by atoms with van der Waals surface area (Å²) in [5.41, 5.74) is 0.298. The summed E-state index contributed by atoms with van der Waals surface area (Å²) >= 11 is 0. The van der Waals surface area contributed by atoms with E-state index in [1.54, 1.807) is 11.8 Å². The van der Waals surface area contributed by atoms with Gasteiger partial charge in [-0.2, -0.15) is 4.31 Å². The van der Waals surface area contributed by atoms with Gasteiger partial charge < -0.3 is 14.5 Å². The highest BCUT2D eigenvalue weighted by Gasteiger charge is 2.41. The Hall–Kier alpha value is -1.97. The van der Waals surface area contributed by atoms with E-state index in [-0.39, 0.29) is 17.4 Å². The minimum atomic E-state index is -3.81. The maximum absolute atomic E-state index is 13.1. The van der Waals surface area contributed by atoms with E-state index in [9.17, 15) is 18.0 Å². The number of esters is 1. The van der Waals surface area contributed by atoms with Crippen molar-refractivity contribution in [2.24, 2.45) is 0 Å². The van der Waals surface area contributed by atoms with Crippen molar-refractivity contribution >= 4 is 21.9 Å². The number of carbonyl (C=O) groups is 2. The fourth-order valence-corrected chi connectivity index (χ4v) is 5.28. The molecule has 3 rings (SSSR count). The van der Waals surface area contributed by atoms with Crippen molar-refractivity contribution in [3.8, 4) is 0 Å². The lowest BCUT2D eigenvalue weighted by atomic mass is 10.2. The molecular weight excluding hydrogens is 382 g/mol. The minimum absolute atomic E-state index is 0.0821. The molecule has 0 saturated carbocycles. The van der Waals surface area contributed by atoms with E-state index in [1.165, 1.54) is 28.6 Å². The molecule has 2 aliphatic rings. The van der Waals surface area contributed by atoms with Crippen LogP contribution in [0.15, 0.2) is 29.2 Å². The van der Waals surface area contributed by atoms with E-state index in [2.05, 4.69) is 4.90 Å². The van der Waals surface area contributed by atoms with Crippen LogP contribution in [0, 0.1) is 0 Å². The van der Waals surface area contributed by atoms with Gasteiger partial charge in [0.05, 0.1) is 17.1 Å². The van der Waals surface area contributed by atoms with Crippen molar-refractivity contribution < 1.29 is 22.7 Å². The molecule has 1 aromatic rings. The van der Waals surface area contributed by atoms with E-state index in [4.69, 9.17) is 4.74 Å². The monoisotopic (exact) mass is 409 g/mol. The predicted molar refractivity (Wildman–Crippen MR) is 103 cm³/mol. The third-order valence-corrected chi connectivity index (χ3v) is 7.20. The number of benzene rings is 1. The smallest absolute Gasteiger partial charge is 0.338 e. The number of amides is 1. The van der Waals surface area contributed by atoms with E-state index in [0.29, 0.717) is 38.0 Å². The molecule has 0 spiro atoms. The van der Waals surface area contributed by atoms with Crippen LogP contribution in [0.4, 0.5) is 0 Å². The fourth-order valence-electron chi connectivity index (χ4n) is 3.63. The number of sulfonamides is 1. The van der Waals surface area contributed by atoms with Gasteiger partial charge in [-0.3, -0.25) is 4.79 Å². The van der Waals surface area contributed by atoms with Gasteiger partial charge >= 0.3 is 5.97 Å². The first-order chi connectivity index (χ1) is 13.3. The van der Waals surface area contributed by atoms with Gasteiger partial charge in [0, 0.05) is 32.7 Å². The van der Waals surface area contributed by atoms with Gasteiger partial charge in [-0.15, -0.1) is 0 Å². The standard InChI is InChI=1S/C19H27N3O5S/c1-3-27-19(24)15-6-8-16(9-7-15)28(25,26)22-10-4-5-17(22)18(23)21-13-11-20(2)12-14-21/h6-9,17H,3-5,10-14H2,1-2H3. The highest BCUT2D eigenvalue weighted by molar-refractivity contribution is 7.89. The lowest BCUT2D eigenvalue weighted by Crippen LogP contribution is -2.53. The Morgan fingerprint density at radius 1 is 1.07 bits per heavy atom. The molecule has 8 nitrogen and oxygen atoms in total. The zero-order chi connectivity index (χ0) is 20.3. The van der Waals surface area contributed by atoms with Crippen LogP contribution in [0.1, 0.15) is 30.1 Å². The maximum atomic E-state index is 13.1. The van der Waals surface area contributed by atoms with E-state index in [1.807, 2.05) is 7.05 Å². The number of hydrogen-bond donors (Lipinski definition) is 0. The highest BCUT2D eigenvalue weighted by atomic mass is 32.2. The highest BCUT2D eigenvalue weighted by Crippen LogP contribution is 2.28. The Labute approximate surface area is 166 Å². The second kappa shape index (κ2) is 8.59. The normalized spacial score (nSPS) is 21.6. The summed E-state index contributed by atoms with van der Waals surface area (Å²) in [6.07, 6.45) is 1.19. The number of ether oxygens (including phenoxy) is 1. The second-order valence-corrected chi connectivity index (χ2v) is 9.04. The molecule has 1 unspecified atom stereocenters. The average Bonchev–Trinajstić information content (AvgIpc) is 3.19. The van der Waals surface area contributed by atoms with Crippen molar-refractivity contribution in [2.75, 3.05) is 46.4 Å². The molecule has 1 atom stereocenters. The van der Waals surface area contributed by atoms with E-state index < -0.39 is 22.0 Å². The largest absolute Gasteiger partial charge is 0.462 e. The molecule has 2 aliphatic heterocycles. The van der Waals surface area contributed by atoms with Gasteiger partial charge in [0.15, 0.2) is 0 Å². The summed E-state index contributed by atoms with van der Waals surface area (Å²) in [6.45, 7) is 5.11. The number of hydrogen-bond acceptors (Lipinski definition) is 6. The van der Waals surface area contributed by atoms with Crippen LogP contribution in [0.2, 0.25) is 0 Å². The third-order valence-electron chi connectivity index (χ3n) is 5.28. The van der Waals surface area contributed by atoms with Gasteiger partial charge in [0.2, 0.25) is 15.9 Å². The average molecular weight is 410 g/mol. The van der Waals surface area contributed by atoms with Gasteiger partial charge in [0.1, 0.15) is 6.04 Å². The quantitative estimate of drug-likeness (QED) is 0.669. The lowest BCUT2D eigenvalue weighted by Gasteiger charge is -2.35. The first-order valence-electron chi connectivity index (χ1n) is 9.61. The zero-order valence-electron chi connectivity index (χ0n) is 16.3. The van der Waals surface area contributed by atoms with Crippen LogP contribution in [0.3, 0.4) is 0 Å². The first-order valence-corrected chi connectivity index (χ1v) is 11.0. The predicted octanol–water partition coefficient (Wildman–Crippen LogP) is 0.790. The van der Waals surface area contributed by atoms with Gasteiger partial charge in [0.25, 0.3) is 0 Å². The molecule has 1 amide bonds. The fraction of sp³-hybridized carbons (Fsp3) is 0.579. The summed E-state index contributed by atoms with van der Waals surface area (Å²) in [4.78, 5) is 28.7. The van der Waals surface area contributed by atoms with Crippen LogP contribution in [-0.2, 0) is 19.6 Å². The van der Waals surface area contributed by atoms with E-state index >= 15 is 0 Å². The molecule has 0 bridgehead atoms. The van der Waals surface area contributed by atoms with Crippen molar-refractivity contribution in [1.82, 2.24) is 14.1 Å². The van der Waals surface area contributed by atoms with Crippen molar-refractivity contribution in [3.63, 3.8) is 0 Å². The van der Waals surface area contributed by atoms with E-state index in [0.717, 1.165) is 13.1 Å². The SMILES string of the molecule is CCOC(=O)c1ccc(S(=O)(=O)N2CCCC2C(=O)N2CCN(C)CC2)cc1.